The number of hydrogen-bond donors (Lipinski definition) is 1. The molecule has 3 heteroatoms. The largest absolute Gasteiger partial charge is 0.315 e. The highest BCUT2D eigenvalue weighted by Crippen LogP contribution is 2.28. The fourth-order valence-electron chi connectivity index (χ4n) is 2.22. The number of thiol groups is 1. The summed E-state index contributed by atoms with van der Waals surface area (Å²) in [5.41, 5.74) is 0.237. The summed E-state index contributed by atoms with van der Waals surface area (Å²) in [7, 11) is 0. The van der Waals surface area contributed by atoms with Gasteiger partial charge >= 0.3 is 0 Å². The van der Waals surface area contributed by atoms with E-state index in [2.05, 4.69) is 33.4 Å². The van der Waals surface area contributed by atoms with E-state index < -0.39 is 0 Å². The van der Waals surface area contributed by atoms with Gasteiger partial charge in [-0.2, -0.15) is 12.6 Å². The van der Waals surface area contributed by atoms with Gasteiger partial charge in [0, 0.05) is 18.1 Å². The Bertz CT molecular complexity index is 624. The van der Waals surface area contributed by atoms with Crippen molar-refractivity contribution < 1.29 is 0 Å². The highest BCUT2D eigenvalue weighted by Gasteiger charge is 2.24. The maximum Gasteiger partial charge on any atom is 0.258 e. The molecule has 0 fully saturated rings. The smallest absolute Gasteiger partial charge is 0.258 e. The molecule has 2 rings (SSSR count). The SMILES string of the molecule is CC(C)(C)C(CS)Cn1ccc2ccccc2c1=O. The van der Waals surface area contributed by atoms with Crippen LogP contribution in [0.1, 0.15) is 20.8 Å². The van der Waals surface area contributed by atoms with Gasteiger partial charge in [0.25, 0.3) is 5.56 Å². The minimum Gasteiger partial charge on any atom is -0.315 e. The van der Waals surface area contributed by atoms with Crippen molar-refractivity contribution in [1.82, 2.24) is 4.57 Å². The number of aromatic nitrogens is 1. The van der Waals surface area contributed by atoms with Crippen LogP contribution in [0.4, 0.5) is 0 Å². The maximum absolute atomic E-state index is 12.4. The molecule has 0 amide bonds. The lowest BCUT2D eigenvalue weighted by Gasteiger charge is -2.30. The zero-order valence-electron chi connectivity index (χ0n) is 11.8. The number of pyridine rings is 1. The summed E-state index contributed by atoms with van der Waals surface area (Å²) in [6.45, 7) is 7.30. The first-order chi connectivity index (χ1) is 8.93. The van der Waals surface area contributed by atoms with E-state index in [0.717, 1.165) is 23.1 Å². The van der Waals surface area contributed by atoms with Crippen LogP contribution in [-0.4, -0.2) is 10.3 Å². The highest BCUT2D eigenvalue weighted by molar-refractivity contribution is 7.80. The van der Waals surface area contributed by atoms with Crippen molar-refractivity contribution in [3.8, 4) is 0 Å². The van der Waals surface area contributed by atoms with Crippen LogP contribution in [-0.2, 0) is 6.54 Å². The maximum atomic E-state index is 12.4. The van der Waals surface area contributed by atoms with E-state index in [1.165, 1.54) is 0 Å². The summed E-state index contributed by atoms with van der Waals surface area (Å²) in [5, 5.41) is 1.79. The molecule has 1 atom stereocenters. The van der Waals surface area contributed by atoms with Gasteiger partial charge in [-0.25, -0.2) is 0 Å². The average Bonchev–Trinajstić information content (AvgIpc) is 2.37. The van der Waals surface area contributed by atoms with Crippen LogP contribution < -0.4 is 5.56 Å². The Kier molecular flexibility index (Phi) is 4.04. The molecule has 2 aromatic rings. The zero-order valence-corrected chi connectivity index (χ0v) is 12.7. The minimum atomic E-state index is 0.0918. The molecule has 0 bridgehead atoms. The topological polar surface area (TPSA) is 22.0 Å². The van der Waals surface area contributed by atoms with Crippen LogP contribution in [0.25, 0.3) is 10.8 Å². The van der Waals surface area contributed by atoms with Crippen molar-refractivity contribution in [2.45, 2.75) is 27.3 Å². The third kappa shape index (κ3) is 3.03. The Labute approximate surface area is 119 Å². The van der Waals surface area contributed by atoms with Crippen molar-refractivity contribution in [2.75, 3.05) is 5.75 Å². The van der Waals surface area contributed by atoms with Crippen molar-refractivity contribution in [2.24, 2.45) is 11.3 Å². The molecule has 0 saturated heterocycles. The molecular weight excluding hydrogens is 254 g/mol. The van der Waals surface area contributed by atoms with Crippen LogP contribution in [0.5, 0.6) is 0 Å². The van der Waals surface area contributed by atoms with E-state index in [-0.39, 0.29) is 11.0 Å². The number of nitrogens with zero attached hydrogens (tertiary/aromatic N) is 1. The number of benzene rings is 1. The van der Waals surface area contributed by atoms with Crippen molar-refractivity contribution in [3.63, 3.8) is 0 Å². The Morgan fingerprint density at radius 3 is 2.53 bits per heavy atom. The first kappa shape index (κ1) is 14.2. The first-order valence-electron chi connectivity index (χ1n) is 6.62. The van der Waals surface area contributed by atoms with Gasteiger partial charge in [0.2, 0.25) is 0 Å². The van der Waals surface area contributed by atoms with Gasteiger partial charge in [0.05, 0.1) is 0 Å². The highest BCUT2D eigenvalue weighted by atomic mass is 32.1. The lowest BCUT2D eigenvalue weighted by atomic mass is 9.82. The van der Waals surface area contributed by atoms with Gasteiger partial charge in [-0.3, -0.25) is 4.79 Å². The van der Waals surface area contributed by atoms with E-state index in [9.17, 15) is 4.79 Å². The molecule has 1 aromatic heterocycles. The Morgan fingerprint density at radius 1 is 1.21 bits per heavy atom. The third-order valence-corrected chi connectivity index (χ3v) is 4.19. The van der Waals surface area contributed by atoms with Crippen molar-refractivity contribution in [3.05, 3.63) is 46.9 Å². The molecule has 1 aromatic carbocycles. The molecule has 1 unspecified atom stereocenters. The standard InChI is InChI=1S/C16H21NOS/c1-16(2,3)13(11-19)10-17-9-8-12-6-4-5-7-14(12)15(17)18/h4-9,13,19H,10-11H2,1-3H3. The van der Waals surface area contributed by atoms with E-state index in [1.807, 2.05) is 41.1 Å². The van der Waals surface area contributed by atoms with E-state index in [1.54, 1.807) is 0 Å². The summed E-state index contributed by atoms with van der Waals surface area (Å²) in [4.78, 5) is 12.4. The number of hydrogen-bond acceptors (Lipinski definition) is 2. The molecule has 0 aliphatic carbocycles. The lowest BCUT2D eigenvalue weighted by Crippen LogP contribution is -2.31. The van der Waals surface area contributed by atoms with Crippen LogP contribution >= 0.6 is 12.6 Å². The minimum absolute atomic E-state index is 0.0918. The normalized spacial score (nSPS) is 13.7. The van der Waals surface area contributed by atoms with E-state index in [4.69, 9.17) is 0 Å². The van der Waals surface area contributed by atoms with Crippen LogP contribution in [0, 0.1) is 11.3 Å². The van der Waals surface area contributed by atoms with Gasteiger partial charge < -0.3 is 4.57 Å². The second kappa shape index (κ2) is 5.41. The van der Waals surface area contributed by atoms with E-state index >= 15 is 0 Å². The molecule has 19 heavy (non-hydrogen) atoms. The monoisotopic (exact) mass is 275 g/mol. The van der Waals surface area contributed by atoms with Crippen LogP contribution in [0.15, 0.2) is 41.3 Å². The predicted molar refractivity (Wildman–Crippen MR) is 85.0 cm³/mol. The second-order valence-electron chi connectivity index (χ2n) is 6.11. The van der Waals surface area contributed by atoms with Gasteiger partial charge in [-0.1, -0.05) is 39.0 Å². The van der Waals surface area contributed by atoms with Crippen molar-refractivity contribution in [1.29, 1.82) is 0 Å². The Morgan fingerprint density at radius 2 is 1.89 bits per heavy atom. The first-order valence-corrected chi connectivity index (χ1v) is 7.26. The molecule has 1 heterocycles. The zero-order chi connectivity index (χ0) is 14.0. The van der Waals surface area contributed by atoms with Gasteiger partial charge in [0.1, 0.15) is 0 Å². The average molecular weight is 275 g/mol. The van der Waals surface area contributed by atoms with Crippen LogP contribution in [0.2, 0.25) is 0 Å². The predicted octanol–water partition coefficient (Wildman–Crippen LogP) is 3.59. The molecule has 0 aliphatic rings. The third-order valence-electron chi connectivity index (χ3n) is 3.75. The van der Waals surface area contributed by atoms with Crippen molar-refractivity contribution >= 4 is 23.4 Å². The second-order valence-corrected chi connectivity index (χ2v) is 6.47. The van der Waals surface area contributed by atoms with Gasteiger partial charge in [-0.15, -0.1) is 0 Å². The lowest BCUT2D eigenvalue weighted by molar-refractivity contribution is 0.236. The molecule has 0 radical (unpaired) electrons. The van der Waals surface area contributed by atoms with Gasteiger partial charge in [0.15, 0.2) is 0 Å². The molecule has 102 valence electrons. The van der Waals surface area contributed by atoms with Crippen LogP contribution in [0.3, 0.4) is 0 Å². The Balaban J connectivity index is 2.41. The molecule has 0 aliphatic heterocycles. The molecular formula is C16H21NOS. The Hall–Kier alpha value is -1.22. The summed E-state index contributed by atoms with van der Waals surface area (Å²) in [6, 6.07) is 9.74. The summed E-state index contributed by atoms with van der Waals surface area (Å²) < 4.78 is 1.81. The summed E-state index contributed by atoms with van der Waals surface area (Å²) in [6.07, 6.45) is 1.90. The number of rotatable bonds is 3. The molecule has 2 nitrogen and oxygen atoms in total. The molecule has 0 spiro atoms. The van der Waals surface area contributed by atoms with E-state index in [0.29, 0.717) is 5.92 Å². The summed E-state index contributed by atoms with van der Waals surface area (Å²) in [5.74, 6) is 1.15. The molecule has 0 N–H and O–H groups in total. The fourth-order valence-corrected chi connectivity index (χ4v) is 2.88. The quantitative estimate of drug-likeness (QED) is 0.850. The molecule has 0 saturated carbocycles. The number of fused-ring (bicyclic) bond motifs is 1. The summed E-state index contributed by atoms with van der Waals surface area (Å²) >= 11 is 4.43. The van der Waals surface area contributed by atoms with Gasteiger partial charge in [-0.05, 0) is 34.6 Å². The fraction of sp³-hybridized carbons (Fsp3) is 0.438.